The van der Waals surface area contributed by atoms with Crippen LogP contribution in [0.2, 0.25) is 0 Å². The van der Waals surface area contributed by atoms with Crippen LogP contribution < -0.4 is 10.6 Å². The Labute approximate surface area is 150 Å². The summed E-state index contributed by atoms with van der Waals surface area (Å²) >= 11 is 0. The van der Waals surface area contributed by atoms with Crippen molar-refractivity contribution in [3.8, 4) is 0 Å². The molecule has 0 aliphatic heterocycles. The zero-order valence-corrected chi connectivity index (χ0v) is 15.1. The molecule has 0 amide bonds. The molecule has 0 atom stereocenters. The maximum absolute atomic E-state index is 8.86. The van der Waals surface area contributed by atoms with Crippen LogP contribution in [0, 0.1) is 6.92 Å². The van der Waals surface area contributed by atoms with E-state index in [0.717, 1.165) is 13.0 Å². The maximum atomic E-state index is 8.86. The molecule has 1 aliphatic carbocycles. The minimum atomic E-state index is 0. The highest BCUT2D eigenvalue weighted by atomic mass is 35.5. The van der Waals surface area contributed by atoms with Crippen molar-refractivity contribution in [2.24, 2.45) is 0 Å². The van der Waals surface area contributed by atoms with Gasteiger partial charge in [-0.3, -0.25) is 4.98 Å². The summed E-state index contributed by atoms with van der Waals surface area (Å²) in [5, 5.41) is 18.7. The number of hydrogen-bond acceptors (Lipinski definition) is 4. The lowest BCUT2D eigenvalue weighted by atomic mass is 9.90. The Balaban J connectivity index is 0.00000208. The van der Waals surface area contributed by atoms with Gasteiger partial charge >= 0.3 is 0 Å². The third kappa shape index (κ3) is 4.59. The van der Waals surface area contributed by atoms with Gasteiger partial charge in [-0.25, -0.2) is 0 Å². The van der Waals surface area contributed by atoms with Gasteiger partial charge in [-0.05, 0) is 57.2 Å². The number of halogens is 1. The van der Waals surface area contributed by atoms with Gasteiger partial charge in [0.15, 0.2) is 0 Å². The predicted molar refractivity (Wildman–Crippen MR) is 103 cm³/mol. The zero-order chi connectivity index (χ0) is 16.1. The number of nitrogens with one attached hydrogen (secondary N) is 2. The molecule has 2 aromatic rings. The monoisotopic (exact) mass is 349 g/mol. The third-order valence-corrected chi connectivity index (χ3v) is 4.83. The Bertz CT molecular complexity index is 636. The minimum Gasteiger partial charge on any atom is -0.396 e. The van der Waals surface area contributed by atoms with E-state index in [1.807, 2.05) is 12.4 Å². The molecule has 1 aromatic carbocycles. The Morgan fingerprint density at radius 3 is 2.62 bits per heavy atom. The molecule has 1 heterocycles. The first-order valence-corrected chi connectivity index (χ1v) is 8.72. The minimum absolute atomic E-state index is 0. The fourth-order valence-corrected chi connectivity index (χ4v) is 3.58. The molecule has 3 rings (SSSR count). The number of aliphatic hydroxyl groups excluding tert-OH is 1. The first kappa shape index (κ1) is 19.0. The van der Waals surface area contributed by atoms with E-state index in [1.54, 1.807) is 0 Å². The van der Waals surface area contributed by atoms with Crippen LogP contribution in [0.3, 0.4) is 0 Å². The van der Waals surface area contributed by atoms with Crippen molar-refractivity contribution in [2.75, 3.05) is 18.5 Å². The highest BCUT2D eigenvalue weighted by Crippen LogP contribution is 2.29. The molecule has 0 radical (unpaired) electrons. The smallest absolute Gasteiger partial charge is 0.0443 e. The van der Waals surface area contributed by atoms with E-state index in [1.165, 1.54) is 47.7 Å². The van der Waals surface area contributed by atoms with Gasteiger partial charge in [0, 0.05) is 47.5 Å². The molecule has 24 heavy (non-hydrogen) atoms. The number of nitrogens with zero attached hydrogens (tertiary/aromatic N) is 1. The van der Waals surface area contributed by atoms with Gasteiger partial charge < -0.3 is 15.7 Å². The van der Waals surface area contributed by atoms with Crippen molar-refractivity contribution >= 4 is 28.9 Å². The van der Waals surface area contributed by atoms with E-state index in [-0.39, 0.29) is 19.0 Å². The summed E-state index contributed by atoms with van der Waals surface area (Å²) in [6, 6.07) is 7.57. The fourth-order valence-electron chi connectivity index (χ4n) is 3.58. The summed E-state index contributed by atoms with van der Waals surface area (Å²) < 4.78 is 0. The second kappa shape index (κ2) is 9.21. The lowest BCUT2D eigenvalue weighted by Crippen LogP contribution is -2.37. The van der Waals surface area contributed by atoms with Crippen molar-refractivity contribution in [2.45, 2.75) is 51.1 Å². The number of pyridine rings is 1. The molecule has 0 spiro atoms. The summed E-state index contributed by atoms with van der Waals surface area (Å²) in [4.78, 5) is 4.29. The fraction of sp³-hybridized carbons (Fsp3) is 0.526. The Kier molecular flexibility index (Phi) is 7.28. The van der Waals surface area contributed by atoms with Crippen molar-refractivity contribution in [3.05, 3.63) is 36.2 Å². The number of fused-ring (bicyclic) bond motifs is 1. The second-order valence-corrected chi connectivity index (χ2v) is 6.58. The van der Waals surface area contributed by atoms with Gasteiger partial charge in [-0.15, -0.1) is 12.4 Å². The second-order valence-electron chi connectivity index (χ2n) is 6.58. The van der Waals surface area contributed by atoms with E-state index >= 15 is 0 Å². The largest absolute Gasteiger partial charge is 0.396 e. The third-order valence-electron chi connectivity index (χ3n) is 4.83. The molecule has 3 N–H and O–H groups in total. The predicted octanol–water partition coefficient (Wildman–Crippen LogP) is 3.66. The van der Waals surface area contributed by atoms with Crippen molar-refractivity contribution in [1.29, 1.82) is 0 Å². The molecule has 132 valence electrons. The molecule has 0 saturated heterocycles. The summed E-state index contributed by atoms with van der Waals surface area (Å²) in [6.07, 6.45) is 9.52. The van der Waals surface area contributed by atoms with Crippen LogP contribution in [0.25, 0.3) is 10.8 Å². The first-order valence-electron chi connectivity index (χ1n) is 8.72. The SMILES string of the molecule is Cc1cncc2cccc(N[C@H]3CC[C@H](NCCCO)CC3)c12.Cl. The van der Waals surface area contributed by atoms with Crippen LogP contribution in [0.1, 0.15) is 37.7 Å². The van der Waals surface area contributed by atoms with Crippen LogP contribution in [0.5, 0.6) is 0 Å². The van der Waals surface area contributed by atoms with Crippen molar-refractivity contribution in [3.63, 3.8) is 0 Å². The van der Waals surface area contributed by atoms with Crippen molar-refractivity contribution < 1.29 is 5.11 Å². The number of anilines is 1. The summed E-state index contributed by atoms with van der Waals surface area (Å²) in [5.74, 6) is 0. The van der Waals surface area contributed by atoms with Crippen LogP contribution in [-0.2, 0) is 0 Å². The van der Waals surface area contributed by atoms with E-state index in [9.17, 15) is 0 Å². The van der Waals surface area contributed by atoms with Gasteiger partial charge in [0.25, 0.3) is 0 Å². The average Bonchev–Trinajstić information content (AvgIpc) is 2.57. The normalized spacial score (nSPS) is 20.6. The lowest BCUT2D eigenvalue weighted by Gasteiger charge is -2.31. The standard InChI is InChI=1S/C19H27N3O.ClH/c1-14-12-20-13-15-4-2-5-18(19(14)15)22-17-8-6-16(7-9-17)21-10-3-11-23;/h2,4-5,12-13,16-17,21-23H,3,6-11H2,1H3;1H/t16-,17-;. The van der Waals surface area contributed by atoms with Crippen LogP contribution >= 0.6 is 12.4 Å². The van der Waals surface area contributed by atoms with Crippen LogP contribution in [0.15, 0.2) is 30.6 Å². The van der Waals surface area contributed by atoms with Gasteiger partial charge in [0.2, 0.25) is 0 Å². The summed E-state index contributed by atoms with van der Waals surface area (Å²) in [7, 11) is 0. The number of benzene rings is 1. The number of aryl methyl sites for hydroxylation is 1. The topological polar surface area (TPSA) is 57.2 Å². The molecule has 1 saturated carbocycles. The van der Waals surface area contributed by atoms with Gasteiger partial charge in [0.1, 0.15) is 0 Å². The van der Waals surface area contributed by atoms with Crippen LogP contribution in [0.4, 0.5) is 5.69 Å². The Morgan fingerprint density at radius 2 is 1.88 bits per heavy atom. The molecule has 1 aliphatic rings. The first-order chi connectivity index (χ1) is 11.3. The number of rotatable bonds is 6. The van der Waals surface area contributed by atoms with E-state index in [0.29, 0.717) is 12.1 Å². The molecular weight excluding hydrogens is 322 g/mol. The summed E-state index contributed by atoms with van der Waals surface area (Å²) in [6.45, 7) is 3.33. The van der Waals surface area contributed by atoms with E-state index in [4.69, 9.17) is 5.11 Å². The number of hydrogen-bond donors (Lipinski definition) is 3. The maximum Gasteiger partial charge on any atom is 0.0443 e. The van der Waals surface area contributed by atoms with Crippen LogP contribution in [-0.4, -0.2) is 35.3 Å². The molecule has 4 nitrogen and oxygen atoms in total. The zero-order valence-electron chi connectivity index (χ0n) is 14.3. The highest BCUT2D eigenvalue weighted by Gasteiger charge is 2.21. The van der Waals surface area contributed by atoms with Crippen molar-refractivity contribution in [1.82, 2.24) is 10.3 Å². The van der Waals surface area contributed by atoms with Gasteiger partial charge in [-0.2, -0.15) is 0 Å². The highest BCUT2D eigenvalue weighted by molar-refractivity contribution is 5.95. The molecule has 5 heteroatoms. The van der Waals surface area contributed by atoms with E-state index in [2.05, 4.69) is 40.7 Å². The quantitative estimate of drug-likeness (QED) is 0.696. The average molecular weight is 350 g/mol. The molecule has 1 aromatic heterocycles. The molecular formula is C19H28ClN3O. The Morgan fingerprint density at radius 1 is 1.12 bits per heavy atom. The number of aromatic nitrogens is 1. The van der Waals surface area contributed by atoms with Gasteiger partial charge in [0.05, 0.1) is 0 Å². The number of aliphatic hydroxyl groups is 1. The molecule has 0 bridgehead atoms. The van der Waals surface area contributed by atoms with E-state index < -0.39 is 0 Å². The lowest BCUT2D eigenvalue weighted by molar-refractivity contribution is 0.276. The molecule has 0 unspecified atom stereocenters. The Hall–Kier alpha value is -1.36. The molecule has 1 fully saturated rings. The van der Waals surface area contributed by atoms with Gasteiger partial charge in [-0.1, -0.05) is 12.1 Å². The summed E-state index contributed by atoms with van der Waals surface area (Å²) in [5.41, 5.74) is 2.46.